The number of phenols is 1. The van der Waals surface area contributed by atoms with Gasteiger partial charge in [-0.2, -0.15) is 0 Å². The second-order valence-electron chi connectivity index (χ2n) is 5.61. The molecule has 0 radical (unpaired) electrons. The number of halogens is 1. The Hall–Kier alpha value is -1.07. The molecule has 5 heteroatoms. The van der Waals surface area contributed by atoms with Crippen LogP contribution in [-0.4, -0.2) is 42.1 Å². The Morgan fingerprint density at radius 3 is 2.76 bits per heavy atom. The lowest BCUT2D eigenvalue weighted by molar-refractivity contribution is 0.0716. The molecule has 1 aromatic rings. The second kappa shape index (κ2) is 7.80. The van der Waals surface area contributed by atoms with E-state index in [1.165, 1.54) is 6.07 Å². The van der Waals surface area contributed by atoms with Crippen LogP contribution in [0.2, 0.25) is 0 Å². The van der Waals surface area contributed by atoms with Gasteiger partial charge in [0.25, 0.3) is 5.91 Å². The summed E-state index contributed by atoms with van der Waals surface area (Å²) in [6.07, 6.45) is 3.19. The summed E-state index contributed by atoms with van der Waals surface area (Å²) in [5, 5.41) is 13.1. The van der Waals surface area contributed by atoms with Crippen molar-refractivity contribution in [2.75, 3.05) is 26.2 Å². The molecule has 0 aliphatic carbocycles. The first-order valence-corrected chi connectivity index (χ1v) is 8.39. The molecule has 1 aliphatic heterocycles. The minimum absolute atomic E-state index is 0.0122. The average Bonchev–Trinajstić information content (AvgIpc) is 2.50. The number of benzene rings is 1. The number of aromatic hydroxyl groups is 1. The van der Waals surface area contributed by atoms with Gasteiger partial charge in [-0.3, -0.25) is 4.79 Å². The first-order valence-electron chi connectivity index (χ1n) is 7.60. The molecule has 1 aromatic carbocycles. The lowest BCUT2D eigenvalue weighted by atomic mass is 9.97. The van der Waals surface area contributed by atoms with Gasteiger partial charge in [0.05, 0.1) is 4.47 Å². The van der Waals surface area contributed by atoms with Crippen molar-refractivity contribution in [1.82, 2.24) is 10.2 Å². The molecule has 0 bridgehead atoms. The number of piperidine rings is 1. The van der Waals surface area contributed by atoms with Crippen LogP contribution in [0.25, 0.3) is 0 Å². The summed E-state index contributed by atoms with van der Waals surface area (Å²) in [6.45, 7) is 5.74. The maximum absolute atomic E-state index is 12.7. The Balaban J connectivity index is 2.08. The zero-order valence-corrected chi connectivity index (χ0v) is 14.0. The van der Waals surface area contributed by atoms with Crippen molar-refractivity contribution < 1.29 is 9.90 Å². The molecule has 0 unspecified atom stereocenters. The van der Waals surface area contributed by atoms with Gasteiger partial charge in [0, 0.05) is 18.7 Å². The van der Waals surface area contributed by atoms with Gasteiger partial charge >= 0.3 is 0 Å². The predicted molar refractivity (Wildman–Crippen MR) is 87.6 cm³/mol. The minimum atomic E-state index is 0.0122. The Bertz CT molecular complexity index is 487. The van der Waals surface area contributed by atoms with Crippen LogP contribution in [0.15, 0.2) is 22.7 Å². The number of carbonyl (C=O) groups excluding carboxylic acids is 1. The van der Waals surface area contributed by atoms with Crippen molar-refractivity contribution in [3.8, 4) is 5.75 Å². The molecule has 1 amide bonds. The van der Waals surface area contributed by atoms with Crippen LogP contribution in [0.3, 0.4) is 0 Å². The number of rotatable bonds is 5. The highest BCUT2D eigenvalue weighted by Crippen LogP contribution is 2.25. The molecule has 0 aromatic heterocycles. The van der Waals surface area contributed by atoms with E-state index in [1.54, 1.807) is 12.1 Å². The molecule has 1 fully saturated rings. The summed E-state index contributed by atoms with van der Waals surface area (Å²) in [5.74, 6) is 0.697. The predicted octanol–water partition coefficient (Wildman–Crippen LogP) is 3.01. The van der Waals surface area contributed by atoms with Gasteiger partial charge in [0.2, 0.25) is 0 Å². The molecular formula is C16H23BrN2O2. The van der Waals surface area contributed by atoms with Gasteiger partial charge in [0.15, 0.2) is 0 Å². The van der Waals surface area contributed by atoms with Gasteiger partial charge in [-0.05, 0) is 72.4 Å². The Morgan fingerprint density at radius 1 is 1.43 bits per heavy atom. The number of carbonyl (C=O) groups is 1. The van der Waals surface area contributed by atoms with Gasteiger partial charge in [0.1, 0.15) is 5.75 Å². The van der Waals surface area contributed by atoms with Gasteiger partial charge in [-0.25, -0.2) is 0 Å². The summed E-state index contributed by atoms with van der Waals surface area (Å²) < 4.78 is 0.611. The first kappa shape index (κ1) is 16.3. The van der Waals surface area contributed by atoms with E-state index >= 15 is 0 Å². The molecule has 1 saturated heterocycles. The third-order valence-corrected chi connectivity index (χ3v) is 4.58. The quantitative estimate of drug-likeness (QED) is 0.854. The maximum Gasteiger partial charge on any atom is 0.253 e. The Kier molecular flexibility index (Phi) is 6.06. The van der Waals surface area contributed by atoms with Crippen LogP contribution in [0.5, 0.6) is 5.75 Å². The maximum atomic E-state index is 12.7. The van der Waals surface area contributed by atoms with E-state index in [1.807, 2.05) is 4.90 Å². The van der Waals surface area contributed by atoms with Crippen molar-refractivity contribution in [1.29, 1.82) is 0 Å². The summed E-state index contributed by atoms with van der Waals surface area (Å²) in [5.41, 5.74) is 0.554. The highest BCUT2D eigenvalue weighted by molar-refractivity contribution is 9.10. The lowest BCUT2D eigenvalue weighted by Gasteiger charge is -2.30. The molecule has 1 aliphatic rings. The van der Waals surface area contributed by atoms with Crippen LogP contribution in [-0.2, 0) is 0 Å². The molecular weight excluding hydrogens is 332 g/mol. The van der Waals surface area contributed by atoms with E-state index in [9.17, 15) is 9.90 Å². The number of nitrogens with one attached hydrogen (secondary N) is 1. The normalized spacial score (nSPS) is 15.9. The molecule has 116 valence electrons. The minimum Gasteiger partial charge on any atom is -0.507 e. The van der Waals surface area contributed by atoms with Crippen LogP contribution in [0.4, 0.5) is 0 Å². The fraction of sp³-hybridized carbons (Fsp3) is 0.562. The summed E-state index contributed by atoms with van der Waals surface area (Å²) in [4.78, 5) is 14.6. The average molecular weight is 355 g/mol. The third-order valence-electron chi connectivity index (χ3n) is 3.91. The van der Waals surface area contributed by atoms with Gasteiger partial charge in [-0.15, -0.1) is 0 Å². The standard InChI is InChI=1S/C16H23BrN2O2/c1-2-9-19(11-12-5-7-18-8-6-12)16(21)13-3-4-14(17)15(20)10-13/h3-4,10,12,18,20H,2,5-9,11H2,1H3. The van der Waals surface area contributed by atoms with E-state index < -0.39 is 0 Å². The number of phenolic OH excluding ortho intramolecular Hbond substituents is 1. The van der Waals surface area contributed by atoms with E-state index in [2.05, 4.69) is 28.2 Å². The monoisotopic (exact) mass is 354 g/mol. The van der Waals surface area contributed by atoms with Gasteiger partial charge in [-0.1, -0.05) is 6.92 Å². The molecule has 0 saturated carbocycles. The number of hydrogen-bond acceptors (Lipinski definition) is 3. The third kappa shape index (κ3) is 4.45. The van der Waals surface area contributed by atoms with E-state index in [0.29, 0.717) is 16.0 Å². The summed E-state index contributed by atoms with van der Waals surface area (Å²) in [6, 6.07) is 5.02. The van der Waals surface area contributed by atoms with Crippen molar-refractivity contribution >= 4 is 21.8 Å². The second-order valence-corrected chi connectivity index (χ2v) is 6.47. The Morgan fingerprint density at radius 2 is 2.14 bits per heavy atom. The zero-order chi connectivity index (χ0) is 15.2. The summed E-state index contributed by atoms with van der Waals surface area (Å²) >= 11 is 3.24. The number of amides is 1. The van der Waals surface area contributed by atoms with Crippen LogP contribution >= 0.6 is 15.9 Å². The smallest absolute Gasteiger partial charge is 0.253 e. The summed E-state index contributed by atoms with van der Waals surface area (Å²) in [7, 11) is 0. The number of hydrogen-bond donors (Lipinski definition) is 2. The Labute approximate surface area is 134 Å². The van der Waals surface area contributed by atoms with E-state index in [-0.39, 0.29) is 11.7 Å². The fourth-order valence-corrected chi connectivity index (χ4v) is 3.00. The fourth-order valence-electron chi connectivity index (χ4n) is 2.75. The van der Waals surface area contributed by atoms with Crippen molar-refractivity contribution in [3.63, 3.8) is 0 Å². The van der Waals surface area contributed by atoms with Crippen molar-refractivity contribution in [3.05, 3.63) is 28.2 Å². The van der Waals surface area contributed by atoms with Crippen LogP contribution in [0, 0.1) is 5.92 Å². The molecule has 4 nitrogen and oxygen atoms in total. The SMILES string of the molecule is CCCN(CC1CCNCC1)C(=O)c1ccc(Br)c(O)c1. The highest BCUT2D eigenvalue weighted by atomic mass is 79.9. The molecule has 1 heterocycles. The molecule has 0 atom stereocenters. The molecule has 2 rings (SSSR count). The number of nitrogens with zero attached hydrogens (tertiary/aromatic N) is 1. The molecule has 2 N–H and O–H groups in total. The molecule has 21 heavy (non-hydrogen) atoms. The topological polar surface area (TPSA) is 52.6 Å². The lowest BCUT2D eigenvalue weighted by Crippen LogP contribution is -2.39. The highest BCUT2D eigenvalue weighted by Gasteiger charge is 2.21. The largest absolute Gasteiger partial charge is 0.507 e. The van der Waals surface area contributed by atoms with Gasteiger partial charge < -0.3 is 15.3 Å². The van der Waals surface area contributed by atoms with Crippen molar-refractivity contribution in [2.24, 2.45) is 5.92 Å². The molecule has 0 spiro atoms. The van der Waals surface area contributed by atoms with Crippen molar-refractivity contribution in [2.45, 2.75) is 26.2 Å². The zero-order valence-electron chi connectivity index (χ0n) is 12.4. The van der Waals surface area contributed by atoms with Crippen LogP contribution < -0.4 is 5.32 Å². The van der Waals surface area contributed by atoms with Crippen LogP contribution in [0.1, 0.15) is 36.5 Å². The first-order chi connectivity index (χ1) is 10.1. The van der Waals surface area contributed by atoms with E-state index in [4.69, 9.17) is 0 Å². The van der Waals surface area contributed by atoms with E-state index in [0.717, 1.165) is 45.4 Å².